The van der Waals surface area contributed by atoms with Crippen molar-refractivity contribution in [2.75, 3.05) is 0 Å². The summed E-state index contributed by atoms with van der Waals surface area (Å²) in [6.07, 6.45) is -0.241. The molecular weight excluding hydrogens is 256 g/mol. The second-order valence-corrected chi connectivity index (χ2v) is 2.66. The van der Waals surface area contributed by atoms with Crippen LogP contribution in [0, 0.1) is 11.8 Å². The molecule has 0 aliphatic rings. The summed E-state index contributed by atoms with van der Waals surface area (Å²) in [6.45, 7) is 2.96. The van der Waals surface area contributed by atoms with Crippen molar-refractivity contribution in [2.45, 2.75) is 20.3 Å². The summed E-state index contributed by atoms with van der Waals surface area (Å²) in [5.41, 5.74) is 0. The Morgan fingerprint density at radius 2 is 1.67 bits per heavy atom. The zero-order valence-corrected chi connectivity index (χ0v) is 8.28. The van der Waals surface area contributed by atoms with Crippen LogP contribution < -0.4 is 10.2 Å². The van der Waals surface area contributed by atoms with Crippen molar-refractivity contribution in [3.63, 3.8) is 0 Å². The third-order valence-corrected chi connectivity index (χ3v) is 1.71. The molecule has 0 rings (SSSR count). The first kappa shape index (κ1) is 14.2. The quantitative estimate of drug-likeness (QED) is 0.559. The van der Waals surface area contributed by atoms with Crippen LogP contribution in [0.25, 0.3) is 0 Å². The SMILES string of the molecule is CC(CC(=O)[O-])C(C)C(=O)[O-].[Ag]. The monoisotopic (exact) mass is 265 g/mol. The number of carboxylic acid groups (broad SMARTS) is 2. The fourth-order valence-electron chi connectivity index (χ4n) is 0.672. The molecule has 0 aromatic carbocycles. The first-order valence-corrected chi connectivity index (χ1v) is 3.36. The van der Waals surface area contributed by atoms with Crippen LogP contribution in [0.2, 0.25) is 0 Å². The Balaban J connectivity index is 0. The van der Waals surface area contributed by atoms with Gasteiger partial charge in [0.1, 0.15) is 0 Å². The van der Waals surface area contributed by atoms with Crippen molar-refractivity contribution in [3.8, 4) is 0 Å². The predicted molar refractivity (Wildman–Crippen MR) is 33.0 cm³/mol. The maximum atomic E-state index is 10.2. The van der Waals surface area contributed by atoms with E-state index in [-0.39, 0.29) is 28.8 Å². The maximum Gasteiger partial charge on any atom is 0.0445 e. The molecule has 0 amide bonds. The molecule has 0 aromatic heterocycles. The van der Waals surface area contributed by atoms with Gasteiger partial charge in [-0.05, 0) is 18.3 Å². The van der Waals surface area contributed by atoms with Gasteiger partial charge < -0.3 is 19.8 Å². The minimum atomic E-state index is -1.23. The van der Waals surface area contributed by atoms with Crippen molar-refractivity contribution < 1.29 is 42.2 Å². The molecule has 0 heterocycles. The Morgan fingerprint density at radius 3 is 1.92 bits per heavy atom. The number of rotatable bonds is 4. The smallest absolute Gasteiger partial charge is 0.0445 e. The fourth-order valence-corrected chi connectivity index (χ4v) is 0.672. The second-order valence-electron chi connectivity index (χ2n) is 2.66. The van der Waals surface area contributed by atoms with E-state index in [1.807, 2.05) is 0 Å². The Bertz CT molecular complexity index is 169. The number of carboxylic acids is 2. The fraction of sp³-hybridized carbons (Fsp3) is 0.714. The second kappa shape index (κ2) is 6.22. The summed E-state index contributed by atoms with van der Waals surface area (Å²) >= 11 is 0. The van der Waals surface area contributed by atoms with Crippen LogP contribution >= 0.6 is 0 Å². The first-order valence-electron chi connectivity index (χ1n) is 3.36. The molecule has 0 aliphatic carbocycles. The van der Waals surface area contributed by atoms with Gasteiger partial charge in [0.05, 0.1) is 0 Å². The van der Waals surface area contributed by atoms with Gasteiger partial charge in [-0.25, -0.2) is 0 Å². The Kier molecular flexibility index (Phi) is 7.37. The van der Waals surface area contributed by atoms with Gasteiger partial charge in [-0.1, -0.05) is 13.8 Å². The summed E-state index contributed by atoms with van der Waals surface area (Å²) in [5.74, 6) is -3.64. The zero-order chi connectivity index (χ0) is 9.02. The molecule has 0 aliphatic heterocycles. The number of hydrogen-bond donors (Lipinski definition) is 0. The van der Waals surface area contributed by atoms with Crippen LogP contribution in [0.3, 0.4) is 0 Å². The third-order valence-electron chi connectivity index (χ3n) is 1.71. The van der Waals surface area contributed by atoms with Crippen molar-refractivity contribution in [3.05, 3.63) is 0 Å². The van der Waals surface area contributed by atoms with Gasteiger partial charge in [0.2, 0.25) is 0 Å². The molecular formula is C7H10AgO4-2. The third kappa shape index (κ3) is 5.35. The Morgan fingerprint density at radius 1 is 1.25 bits per heavy atom. The van der Waals surface area contributed by atoms with Crippen molar-refractivity contribution in [1.29, 1.82) is 0 Å². The molecule has 2 atom stereocenters. The van der Waals surface area contributed by atoms with Gasteiger partial charge in [0.25, 0.3) is 0 Å². The molecule has 2 unspecified atom stereocenters. The van der Waals surface area contributed by atoms with Crippen LogP contribution in [0.4, 0.5) is 0 Å². The molecule has 0 fully saturated rings. The average molecular weight is 266 g/mol. The summed E-state index contributed by atoms with van der Waals surface area (Å²) < 4.78 is 0. The van der Waals surface area contributed by atoms with Crippen LogP contribution in [0.1, 0.15) is 20.3 Å². The van der Waals surface area contributed by atoms with Crippen molar-refractivity contribution in [2.24, 2.45) is 11.8 Å². The standard InChI is InChI=1S/C7H12O4.Ag/c1-4(3-6(8)9)5(2)7(10)11;/h4-5H,3H2,1-2H3,(H,8,9)(H,10,11);/p-2. The Labute approximate surface area is 86.5 Å². The molecule has 0 saturated heterocycles. The maximum absolute atomic E-state index is 10.2. The average Bonchev–Trinajstić information content (AvgIpc) is 1.84. The number of aliphatic carboxylic acids is 2. The molecule has 4 nitrogen and oxygen atoms in total. The molecule has 75 valence electrons. The van der Waals surface area contributed by atoms with E-state index in [2.05, 4.69) is 0 Å². The van der Waals surface area contributed by atoms with E-state index >= 15 is 0 Å². The Hall–Kier alpha value is -0.320. The molecule has 1 radical (unpaired) electrons. The number of hydrogen-bond acceptors (Lipinski definition) is 4. The van der Waals surface area contributed by atoms with Crippen LogP contribution in [0.15, 0.2) is 0 Å². The minimum absolute atomic E-state index is 0. The normalized spacial score (nSPS) is 14.2. The van der Waals surface area contributed by atoms with Crippen LogP contribution in [0.5, 0.6) is 0 Å². The molecule has 0 saturated carbocycles. The van der Waals surface area contributed by atoms with Gasteiger partial charge >= 0.3 is 0 Å². The molecule has 5 heteroatoms. The predicted octanol–water partition coefficient (Wildman–Crippen LogP) is -1.85. The largest absolute Gasteiger partial charge is 0.550 e. The number of carbonyl (C=O) groups excluding carboxylic acids is 2. The summed E-state index contributed by atoms with van der Waals surface area (Å²) in [6, 6.07) is 0. The van der Waals surface area contributed by atoms with Gasteiger partial charge in [-0.3, -0.25) is 0 Å². The van der Waals surface area contributed by atoms with Crippen molar-refractivity contribution in [1.82, 2.24) is 0 Å². The van der Waals surface area contributed by atoms with Crippen LogP contribution in [-0.2, 0) is 32.0 Å². The van der Waals surface area contributed by atoms with E-state index in [4.69, 9.17) is 0 Å². The topological polar surface area (TPSA) is 80.3 Å². The van der Waals surface area contributed by atoms with Crippen molar-refractivity contribution >= 4 is 11.9 Å². The molecule has 0 N–H and O–H groups in total. The van der Waals surface area contributed by atoms with Crippen LogP contribution in [-0.4, -0.2) is 11.9 Å². The molecule has 0 spiro atoms. The summed E-state index contributed by atoms with van der Waals surface area (Å²) in [5, 5.41) is 20.2. The van der Waals surface area contributed by atoms with E-state index < -0.39 is 23.8 Å². The number of carbonyl (C=O) groups is 2. The van der Waals surface area contributed by atoms with Gasteiger partial charge in [-0.2, -0.15) is 0 Å². The van der Waals surface area contributed by atoms with E-state index in [0.29, 0.717) is 0 Å². The molecule has 0 aromatic rings. The first-order chi connectivity index (χ1) is 4.95. The molecule has 0 bridgehead atoms. The van der Waals surface area contributed by atoms with E-state index in [1.165, 1.54) is 13.8 Å². The van der Waals surface area contributed by atoms with E-state index in [1.54, 1.807) is 0 Å². The minimum Gasteiger partial charge on any atom is -0.550 e. The van der Waals surface area contributed by atoms with E-state index in [9.17, 15) is 19.8 Å². The van der Waals surface area contributed by atoms with Gasteiger partial charge in [-0.15, -0.1) is 0 Å². The zero-order valence-electron chi connectivity index (χ0n) is 6.80. The summed E-state index contributed by atoms with van der Waals surface area (Å²) in [4.78, 5) is 20.2. The van der Waals surface area contributed by atoms with E-state index in [0.717, 1.165) is 0 Å². The summed E-state index contributed by atoms with van der Waals surface area (Å²) in [7, 11) is 0. The molecule has 12 heavy (non-hydrogen) atoms. The van der Waals surface area contributed by atoms with Gasteiger partial charge in [0, 0.05) is 34.3 Å². The van der Waals surface area contributed by atoms with Gasteiger partial charge in [0.15, 0.2) is 0 Å².